The van der Waals surface area contributed by atoms with Crippen LogP contribution in [0.25, 0.3) is 0 Å². The van der Waals surface area contributed by atoms with Gasteiger partial charge in [-0.1, -0.05) is 18.2 Å². The molecule has 2 amide bonds. The van der Waals surface area contributed by atoms with Crippen molar-refractivity contribution in [1.82, 2.24) is 9.80 Å². The monoisotopic (exact) mass is 640 g/mol. The lowest BCUT2D eigenvalue weighted by molar-refractivity contribution is -0.348. The predicted molar refractivity (Wildman–Crippen MR) is 132 cm³/mol. The summed E-state index contributed by atoms with van der Waals surface area (Å²) in [5.74, 6) is -2.21. The van der Waals surface area contributed by atoms with E-state index in [1.807, 2.05) is 0 Å². The number of rotatable bonds is 4. The van der Waals surface area contributed by atoms with E-state index in [2.05, 4.69) is 0 Å². The van der Waals surface area contributed by atoms with E-state index < -0.39 is 78.9 Å². The van der Waals surface area contributed by atoms with Gasteiger partial charge in [-0.3, -0.25) is 9.59 Å². The number of fused-ring (bicyclic) bond motifs is 3. The predicted octanol–water partition coefficient (Wildman–Crippen LogP) is 3.92. The first kappa shape index (κ1) is 31.2. The zero-order valence-corrected chi connectivity index (χ0v) is 23.0. The lowest BCUT2D eigenvalue weighted by Gasteiger charge is -2.43. The van der Waals surface area contributed by atoms with E-state index in [1.54, 1.807) is 0 Å². The second kappa shape index (κ2) is 9.87. The number of alkyl halides is 7. The minimum atomic E-state index is -6.39. The van der Waals surface area contributed by atoms with Gasteiger partial charge in [-0.05, 0) is 54.7 Å². The number of hydrogen-bond acceptors (Lipinski definition) is 5. The summed E-state index contributed by atoms with van der Waals surface area (Å²) in [5.41, 5.74) is -8.01. The Balaban J connectivity index is 1.68. The average Bonchev–Trinajstić information content (AvgIpc) is 3.45. The van der Waals surface area contributed by atoms with Crippen molar-refractivity contribution in [2.45, 2.75) is 71.5 Å². The molecule has 7 nitrogen and oxygen atoms in total. The highest BCUT2D eigenvalue weighted by atomic mass is 32.2. The molecule has 1 N–H and O–H groups in total. The van der Waals surface area contributed by atoms with Crippen molar-refractivity contribution in [3.8, 4) is 0 Å². The number of benzene rings is 2. The topological polar surface area (TPSA) is 95.0 Å². The molecule has 234 valence electrons. The van der Waals surface area contributed by atoms with Crippen LogP contribution in [0.2, 0.25) is 0 Å². The van der Waals surface area contributed by atoms with Crippen molar-refractivity contribution >= 4 is 21.7 Å². The van der Waals surface area contributed by atoms with Gasteiger partial charge >= 0.3 is 18.0 Å². The molecule has 0 saturated carbocycles. The van der Waals surface area contributed by atoms with Gasteiger partial charge in [0.05, 0.1) is 10.9 Å². The third kappa shape index (κ3) is 4.34. The van der Waals surface area contributed by atoms with Crippen LogP contribution in [0.4, 0.5) is 35.1 Å². The lowest BCUT2D eigenvalue weighted by Crippen LogP contribution is -2.55. The first-order valence-corrected chi connectivity index (χ1v) is 14.5. The van der Waals surface area contributed by atoms with Crippen molar-refractivity contribution in [3.05, 3.63) is 65.0 Å². The highest BCUT2D eigenvalue weighted by Crippen LogP contribution is 2.56. The van der Waals surface area contributed by atoms with Gasteiger partial charge in [-0.2, -0.15) is 26.3 Å². The molecular formula is C27H24F8N2O5S. The molecule has 43 heavy (non-hydrogen) atoms. The van der Waals surface area contributed by atoms with Crippen molar-refractivity contribution in [2.24, 2.45) is 0 Å². The maximum atomic E-state index is 14.9. The zero-order valence-electron chi connectivity index (χ0n) is 22.2. The van der Waals surface area contributed by atoms with Crippen LogP contribution in [0.15, 0.2) is 47.4 Å². The normalized spacial score (nSPS) is 26.5. The second-order valence-corrected chi connectivity index (χ2v) is 13.1. The molecule has 2 aromatic rings. The molecule has 2 fully saturated rings. The summed E-state index contributed by atoms with van der Waals surface area (Å²) in [6, 6.07) is 2.56. The number of hydrogen-bond donors (Lipinski definition) is 1. The highest BCUT2D eigenvalue weighted by Gasteiger charge is 2.74. The first-order chi connectivity index (χ1) is 19.8. The summed E-state index contributed by atoms with van der Waals surface area (Å²) >= 11 is 0. The highest BCUT2D eigenvalue weighted by molar-refractivity contribution is 7.92. The van der Waals surface area contributed by atoms with Gasteiger partial charge < -0.3 is 14.9 Å². The molecule has 2 heterocycles. The van der Waals surface area contributed by atoms with Crippen LogP contribution in [0.1, 0.15) is 36.0 Å². The van der Waals surface area contributed by atoms with E-state index in [0.29, 0.717) is 12.1 Å². The quantitative estimate of drug-likeness (QED) is 0.404. The van der Waals surface area contributed by atoms with E-state index in [-0.39, 0.29) is 49.4 Å². The number of halogens is 8. The van der Waals surface area contributed by atoms with Crippen molar-refractivity contribution in [2.75, 3.05) is 13.6 Å². The van der Waals surface area contributed by atoms with Crippen LogP contribution >= 0.6 is 0 Å². The summed E-state index contributed by atoms with van der Waals surface area (Å²) in [5, 5.41) is 9.97. The largest absolute Gasteiger partial charge is 0.435 e. The van der Waals surface area contributed by atoms with E-state index in [9.17, 15) is 58.2 Å². The molecule has 0 radical (unpaired) electrons. The van der Waals surface area contributed by atoms with Gasteiger partial charge in [-0.15, -0.1) is 0 Å². The van der Waals surface area contributed by atoms with Gasteiger partial charge in [0, 0.05) is 25.6 Å². The molecule has 2 saturated heterocycles. The number of likely N-dealkylation sites (tertiary alicyclic amines) is 2. The molecule has 0 aromatic heterocycles. The number of nitrogens with zero attached hydrogens (tertiary/aromatic N) is 2. The Morgan fingerprint density at radius 2 is 1.60 bits per heavy atom. The van der Waals surface area contributed by atoms with Crippen molar-refractivity contribution < 1.29 is 58.2 Å². The Bertz CT molecular complexity index is 1560. The smallest absolute Gasteiger partial charge is 0.383 e. The van der Waals surface area contributed by atoms with Crippen LogP contribution in [-0.2, 0) is 36.3 Å². The Morgan fingerprint density at radius 1 is 1.00 bits per heavy atom. The third-order valence-corrected chi connectivity index (χ3v) is 11.3. The van der Waals surface area contributed by atoms with Crippen LogP contribution in [0.3, 0.4) is 0 Å². The Hall–Kier alpha value is -3.27. The molecular weight excluding hydrogens is 616 g/mol. The number of likely N-dealkylation sites (N-methyl/N-ethyl adjacent to an activating group) is 1. The Morgan fingerprint density at radius 3 is 2.14 bits per heavy atom. The summed E-state index contributed by atoms with van der Waals surface area (Å²) in [6.45, 7) is -0.238. The maximum absolute atomic E-state index is 14.9. The second-order valence-electron chi connectivity index (χ2n) is 10.9. The number of carbonyl (C=O) groups excluding carboxylic acids is 2. The minimum Gasteiger partial charge on any atom is -0.383 e. The van der Waals surface area contributed by atoms with Gasteiger partial charge in [0.25, 0.3) is 5.91 Å². The van der Waals surface area contributed by atoms with E-state index in [4.69, 9.17) is 0 Å². The van der Waals surface area contributed by atoms with Crippen LogP contribution in [-0.4, -0.2) is 79.3 Å². The molecule has 0 bridgehead atoms. The van der Waals surface area contributed by atoms with E-state index >= 15 is 0 Å². The minimum absolute atomic E-state index is 0.213. The van der Waals surface area contributed by atoms with Gasteiger partial charge in [-0.25, -0.2) is 17.2 Å². The molecule has 0 unspecified atom stereocenters. The molecule has 0 spiro atoms. The lowest BCUT2D eigenvalue weighted by atomic mass is 9.76. The van der Waals surface area contributed by atoms with Crippen LogP contribution in [0.5, 0.6) is 0 Å². The van der Waals surface area contributed by atoms with Crippen LogP contribution in [0, 0.1) is 5.82 Å². The number of carbonyl (C=O) groups is 2. The van der Waals surface area contributed by atoms with Crippen molar-refractivity contribution in [1.29, 1.82) is 0 Å². The Kier molecular flexibility index (Phi) is 7.16. The number of aryl methyl sites for hydroxylation is 1. The van der Waals surface area contributed by atoms with Gasteiger partial charge in [0.1, 0.15) is 22.7 Å². The summed E-state index contributed by atoms with van der Waals surface area (Å²) in [4.78, 5) is 27.6. The number of aliphatic hydroxyl groups is 1. The fourth-order valence-electron chi connectivity index (χ4n) is 6.63. The number of amides is 2. The van der Waals surface area contributed by atoms with E-state index in [1.165, 1.54) is 11.9 Å². The maximum Gasteiger partial charge on any atom is 0.435 e. The Labute approximate surface area is 240 Å². The standard InChI is InChI=1S/C27H24F8N2O5S/c1-36-19(13-20(38)23(36)40)22(39)37-11-10-24(43(41,42)17-6-4-16(28)5-7-17)18-8-3-15(12-14(18)2-9-21(24)37)25(29,26(30,31)32)27(33,34)35/h3-8,12,19-21,38H,2,9-11,13H2,1H3/t19-,20-,21+,24+/m0/s1. The van der Waals surface area contributed by atoms with Gasteiger partial charge in [0.2, 0.25) is 5.91 Å². The summed E-state index contributed by atoms with van der Waals surface area (Å²) in [7, 11) is -3.37. The fourth-order valence-corrected chi connectivity index (χ4v) is 9.00. The fraction of sp³-hybridized carbons (Fsp3) is 0.481. The van der Waals surface area contributed by atoms with Gasteiger partial charge in [0.15, 0.2) is 9.84 Å². The summed E-state index contributed by atoms with van der Waals surface area (Å²) < 4.78 is 136. The number of aliphatic hydroxyl groups excluding tert-OH is 1. The first-order valence-electron chi connectivity index (χ1n) is 13.0. The van der Waals surface area contributed by atoms with E-state index in [0.717, 1.165) is 29.2 Å². The molecule has 5 rings (SSSR count). The molecule has 16 heteroatoms. The SMILES string of the molecule is CN1C(=O)[C@@H](O)C[C@H]1C(=O)N1CC[C@@]2(S(=O)(=O)c3ccc(F)cc3)c3ccc(C(F)(C(F)(F)F)C(F)(F)F)cc3CC[C@@H]12. The molecule has 4 atom stereocenters. The molecule has 2 aromatic carbocycles. The summed E-state index contributed by atoms with van der Waals surface area (Å²) in [6.07, 6.45) is -15.5. The number of sulfone groups is 1. The third-order valence-electron chi connectivity index (χ3n) is 8.78. The molecule has 2 aliphatic heterocycles. The average molecular weight is 641 g/mol. The zero-order chi connectivity index (χ0) is 31.9. The molecule has 1 aliphatic carbocycles. The van der Waals surface area contributed by atoms with Crippen molar-refractivity contribution in [3.63, 3.8) is 0 Å². The molecule has 3 aliphatic rings. The van der Waals surface area contributed by atoms with Crippen LogP contribution < -0.4 is 0 Å².